The van der Waals surface area contributed by atoms with E-state index >= 15 is 0 Å². The number of ether oxygens (including phenoxy) is 3. The van der Waals surface area contributed by atoms with Crippen LogP contribution in [0.4, 0.5) is 0 Å². The standard InChI is InChI=1S/C20H29N3O3/c1-21-19(23(2)9-10-24-12-15-3-4-15)22-13-20(7-8-20)16-5-6-17-18(11-16)26-14-25-17/h5-6,11,15H,3-4,7-10,12-14H2,1-2H3,(H,21,22). The summed E-state index contributed by atoms with van der Waals surface area (Å²) in [6, 6.07) is 6.32. The lowest BCUT2D eigenvalue weighted by Gasteiger charge is -2.25. The monoisotopic (exact) mass is 359 g/mol. The zero-order chi connectivity index (χ0) is 18.0. The van der Waals surface area contributed by atoms with Crippen molar-refractivity contribution in [3.63, 3.8) is 0 Å². The SMILES string of the molecule is CN=C(NCC1(c2ccc3c(c2)OCO3)CC1)N(C)CCOCC1CC1. The highest BCUT2D eigenvalue weighted by Gasteiger charge is 2.45. The Morgan fingerprint density at radius 1 is 1.31 bits per heavy atom. The van der Waals surface area contributed by atoms with E-state index in [2.05, 4.69) is 34.4 Å². The van der Waals surface area contributed by atoms with Crippen molar-refractivity contribution in [3.05, 3.63) is 23.8 Å². The molecule has 1 aromatic rings. The fourth-order valence-electron chi connectivity index (χ4n) is 3.42. The van der Waals surface area contributed by atoms with Crippen molar-refractivity contribution in [1.29, 1.82) is 0 Å². The Bertz CT molecular complexity index is 668. The van der Waals surface area contributed by atoms with Gasteiger partial charge in [-0.2, -0.15) is 0 Å². The Labute approximate surface area is 155 Å². The topological polar surface area (TPSA) is 55.3 Å². The van der Waals surface area contributed by atoms with E-state index < -0.39 is 0 Å². The van der Waals surface area contributed by atoms with Crippen LogP contribution in [-0.4, -0.2) is 58.1 Å². The molecular weight excluding hydrogens is 330 g/mol. The Balaban J connectivity index is 1.28. The first-order chi connectivity index (χ1) is 12.7. The average molecular weight is 359 g/mol. The summed E-state index contributed by atoms with van der Waals surface area (Å²) in [5.74, 6) is 3.45. The van der Waals surface area contributed by atoms with Gasteiger partial charge in [0.25, 0.3) is 0 Å². The van der Waals surface area contributed by atoms with Crippen LogP contribution in [0, 0.1) is 5.92 Å². The first-order valence-corrected chi connectivity index (χ1v) is 9.60. The largest absolute Gasteiger partial charge is 0.454 e. The van der Waals surface area contributed by atoms with Crippen LogP contribution in [0.3, 0.4) is 0 Å². The molecule has 142 valence electrons. The van der Waals surface area contributed by atoms with Gasteiger partial charge in [0.1, 0.15) is 0 Å². The van der Waals surface area contributed by atoms with Crippen molar-refractivity contribution >= 4 is 5.96 Å². The Morgan fingerprint density at radius 2 is 2.12 bits per heavy atom. The van der Waals surface area contributed by atoms with Crippen LogP contribution in [0.25, 0.3) is 0 Å². The molecule has 3 aliphatic rings. The van der Waals surface area contributed by atoms with Crippen molar-refractivity contribution < 1.29 is 14.2 Å². The van der Waals surface area contributed by atoms with E-state index in [4.69, 9.17) is 14.2 Å². The summed E-state index contributed by atoms with van der Waals surface area (Å²) in [5, 5.41) is 3.55. The number of hydrogen-bond donors (Lipinski definition) is 1. The third-order valence-electron chi connectivity index (χ3n) is 5.62. The molecule has 0 unspecified atom stereocenters. The molecule has 1 heterocycles. The van der Waals surface area contributed by atoms with Gasteiger partial charge >= 0.3 is 0 Å². The molecule has 0 radical (unpaired) electrons. The van der Waals surface area contributed by atoms with Gasteiger partial charge in [0.2, 0.25) is 6.79 Å². The lowest BCUT2D eigenvalue weighted by atomic mass is 9.95. The van der Waals surface area contributed by atoms with Crippen molar-refractivity contribution in [2.75, 3.05) is 47.2 Å². The summed E-state index contributed by atoms with van der Waals surface area (Å²) in [4.78, 5) is 6.57. The zero-order valence-corrected chi connectivity index (χ0v) is 15.8. The second-order valence-corrected chi connectivity index (χ2v) is 7.69. The molecule has 26 heavy (non-hydrogen) atoms. The summed E-state index contributed by atoms with van der Waals surface area (Å²) in [5.41, 5.74) is 1.50. The van der Waals surface area contributed by atoms with Crippen LogP contribution in [0.5, 0.6) is 11.5 Å². The quantitative estimate of drug-likeness (QED) is 0.439. The fraction of sp³-hybridized carbons (Fsp3) is 0.650. The maximum absolute atomic E-state index is 5.74. The lowest BCUT2D eigenvalue weighted by molar-refractivity contribution is 0.115. The van der Waals surface area contributed by atoms with E-state index in [0.29, 0.717) is 6.79 Å². The molecule has 6 heteroatoms. The number of nitrogens with one attached hydrogen (secondary N) is 1. The summed E-state index contributed by atoms with van der Waals surface area (Å²) < 4.78 is 16.7. The minimum atomic E-state index is 0.181. The minimum Gasteiger partial charge on any atom is -0.454 e. The maximum atomic E-state index is 5.74. The first-order valence-electron chi connectivity index (χ1n) is 9.60. The molecule has 1 aromatic carbocycles. The zero-order valence-electron chi connectivity index (χ0n) is 15.8. The molecule has 4 rings (SSSR count). The van der Waals surface area contributed by atoms with Crippen LogP contribution >= 0.6 is 0 Å². The van der Waals surface area contributed by atoms with Crippen LogP contribution in [0.15, 0.2) is 23.2 Å². The van der Waals surface area contributed by atoms with E-state index in [9.17, 15) is 0 Å². The minimum absolute atomic E-state index is 0.181. The Morgan fingerprint density at radius 3 is 2.85 bits per heavy atom. The molecule has 2 fully saturated rings. The summed E-state index contributed by atoms with van der Waals surface area (Å²) in [6.07, 6.45) is 5.04. The van der Waals surface area contributed by atoms with E-state index in [1.807, 2.05) is 13.1 Å². The molecule has 0 atom stereocenters. The summed E-state index contributed by atoms with van der Waals surface area (Å²) >= 11 is 0. The van der Waals surface area contributed by atoms with Crippen LogP contribution in [-0.2, 0) is 10.2 Å². The predicted octanol–water partition coefficient (Wildman–Crippen LogP) is 2.38. The van der Waals surface area contributed by atoms with Gasteiger partial charge in [-0.25, -0.2) is 0 Å². The molecule has 0 aromatic heterocycles. The summed E-state index contributed by atoms with van der Waals surface area (Å²) in [7, 11) is 3.90. The second kappa shape index (κ2) is 7.35. The van der Waals surface area contributed by atoms with Gasteiger partial charge < -0.3 is 24.4 Å². The van der Waals surface area contributed by atoms with E-state index in [-0.39, 0.29) is 5.41 Å². The fourth-order valence-corrected chi connectivity index (χ4v) is 3.42. The van der Waals surface area contributed by atoms with Gasteiger partial charge in [-0.15, -0.1) is 0 Å². The third-order valence-corrected chi connectivity index (χ3v) is 5.62. The lowest BCUT2D eigenvalue weighted by Crippen LogP contribution is -2.43. The summed E-state index contributed by atoms with van der Waals surface area (Å²) in [6.45, 7) is 3.72. The molecular formula is C20H29N3O3. The van der Waals surface area contributed by atoms with E-state index in [1.54, 1.807) is 0 Å². The van der Waals surface area contributed by atoms with E-state index in [1.165, 1.54) is 31.2 Å². The van der Waals surface area contributed by atoms with Gasteiger partial charge in [0.05, 0.1) is 6.61 Å². The van der Waals surface area contributed by atoms with Gasteiger partial charge in [0, 0.05) is 39.2 Å². The Kier molecular flexibility index (Phi) is 4.94. The number of rotatable bonds is 8. The number of aliphatic imine (C=N–C) groups is 1. The molecule has 1 aliphatic heterocycles. The number of benzene rings is 1. The van der Waals surface area contributed by atoms with Crippen molar-refractivity contribution in [3.8, 4) is 11.5 Å². The number of likely N-dealkylation sites (N-methyl/N-ethyl adjacent to an activating group) is 1. The van der Waals surface area contributed by atoms with Gasteiger partial charge in [-0.3, -0.25) is 4.99 Å². The van der Waals surface area contributed by atoms with Crippen molar-refractivity contribution in [1.82, 2.24) is 10.2 Å². The van der Waals surface area contributed by atoms with Crippen LogP contribution in [0.2, 0.25) is 0 Å². The predicted molar refractivity (Wildman–Crippen MR) is 101 cm³/mol. The van der Waals surface area contributed by atoms with Gasteiger partial charge in [-0.05, 0) is 49.3 Å². The highest BCUT2D eigenvalue weighted by molar-refractivity contribution is 5.79. The number of fused-ring (bicyclic) bond motifs is 1. The van der Waals surface area contributed by atoms with Gasteiger partial charge in [0.15, 0.2) is 17.5 Å². The maximum Gasteiger partial charge on any atom is 0.231 e. The number of guanidine groups is 1. The molecule has 2 aliphatic carbocycles. The van der Waals surface area contributed by atoms with Gasteiger partial charge in [-0.1, -0.05) is 6.07 Å². The molecule has 1 N–H and O–H groups in total. The number of nitrogens with zero attached hydrogens (tertiary/aromatic N) is 2. The van der Waals surface area contributed by atoms with Crippen LogP contribution < -0.4 is 14.8 Å². The molecule has 0 bridgehead atoms. The van der Waals surface area contributed by atoms with E-state index in [0.717, 1.165) is 49.7 Å². The van der Waals surface area contributed by atoms with Crippen molar-refractivity contribution in [2.24, 2.45) is 10.9 Å². The molecule has 0 amide bonds. The average Bonchev–Trinajstić information content (AvgIpc) is 3.58. The molecule has 0 saturated heterocycles. The molecule has 6 nitrogen and oxygen atoms in total. The first kappa shape index (κ1) is 17.5. The highest BCUT2D eigenvalue weighted by Crippen LogP contribution is 2.49. The van der Waals surface area contributed by atoms with Crippen LogP contribution in [0.1, 0.15) is 31.2 Å². The van der Waals surface area contributed by atoms with Crippen molar-refractivity contribution in [2.45, 2.75) is 31.1 Å². The third kappa shape index (κ3) is 3.90. The second-order valence-electron chi connectivity index (χ2n) is 7.69. The smallest absolute Gasteiger partial charge is 0.231 e. The molecule has 2 saturated carbocycles. The normalized spacial score (nSPS) is 20.2. The molecule has 0 spiro atoms. The Hall–Kier alpha value is -1.95. The highest BCUT2D eigenvalue weighted by atomic mass is 16.7. The number of hydrogen-bond acceptors (Lipinski definition) is 4.